The molecule has 3 aliphatic rings. The zero-order chi connectivity index (χ0) is 16.2. The summed E-state index contributed by atoms with van der Waals surface area (Å²) in [7, 11) is 0. The van der Waals surface area contributed by atoms with Crippen LogP contribution in [0.3, 0.4) is 0 Å². The summed E-state index contributed by atoms with van der Waals surface area (Å²) in [6, 6.07) is 0.736. The number of carbonyl (C=O) groups excluding carboxylic acids is 3. The molecule has 1 N–H and O–H groups in total. The summed E-state index contributed by atoms with van der Waals surface area (Å²) in [6.07, 6.45) is 7.38. The summed E-state index contributed by atoms with van der Waals surface area (Å²) in [5, 5.41) is 2.53. The fraction of sp³-hybridized carbons (Fsp3) is 0.824. The minimum atomic E-state index is -0.582. The van der Waals surface area contributed by atoms with Gasteiger partial charge in [-0.25, -0.2) is 0 Å². The van der Waals surface area contributed by atoms with Crippen molar-refractivity contribution in [1.82, 2.24) is 15.1 Å². The maximum Gasteiger partial charge on any atom is 0.288 e. The topological polar surface area (TPSA) is 69.7 Å². The van der Waals surface area contributed by atoms with Gasteiger partial charge in [-0.3, -0.25) is 19.3 Å². The van der Waals surface area contributed by atoms with Gasteiger partial charge in [0.05, 0.1) is 6.54 Å². The van der Waals surface area contributed by atoms with Crippen LogP contribution in [0.25, 0.3) is 0 Å². The van der Waals surface area contributed by atoms with E-state index in [9.17, 15) is 14.4 Å². The first kappa shape index (κ1) is 16.4. The predicted molar refractivity (Wildman–Crippen MR) is 85.8 cm³/mol. The summed E-state index contributed by atoms with van der Waals surface area (Å²) in [4.78, 5) is 40.4. The van der Waals surface area contributed by atoms with Crippen LogP contribution in [0, 0.1) is 5.92 Å². The molecule has 23 heavy (non-hydrogen) atoms. The molecular formula is C17H27N3O3. The maximum absolute atomic E-state index is 12.2. The maximum atomic E-state index is 12.2. The number of piperazine rings is 1. The van der Waals surface area contributed by atoms with Gasteiger partial charge in [-0.15, -0.1) is 0 Å². The van der Waals surface area contributed by atoms with Crippen LogP contribution in [0.15, 0.2) is 0 Å². The number of nitrogens with one attached hydrogen (secondary N) is 1. The van der Waals surface area contributed by atoms with Gasteiger partial charge in [0.2, 0.25) is 11.7 Å². The van der Waals surface area contributed by atoms with Crippen LogP contribution < -0.4 is 5.32 Å². The number of amides is 2. The lowest BCUT2D eigenvalue weighted by Crippen LogP contribution is -2.52. The van der Waals surface area contributed by atoms with E-state index in [0.717, 1.165) is 64.3 Å². The summed E-state index contributed by atoms with van der Waals surface area (Å²) in [5.41, 5.74) is 0. The molecule has 0 atom stereocenters. The lowest BCUT2D eigenvalue weighted by atomic mass is 9.86. The van der Waals surface area contributed by atoms with Gasteiger partial charge < -0.3 is 10.2 Å². The SMILES string of the molecule is O=C(NCC(=O)N1CCN(C2CC2)CC1)C(=O)C1CCCCC1. The molecule has 3 fully saturated rings. The minimum Gasteiger partial charge on any atom is -0.340 e. The number of carbonyl (C=O) groups is 3. The summed E-state index contributed by atoms with van der Waals surface area (Å²) in [5.74, 6) is -1.14. The Labute approximate surface area is 137 Å². The third-order valence-corrected chi connectivity index (χ3v) is 5.33. The van der Waals surface area contributed by atoms with E-state index in [0.29, 0.717) is 0 Å². The number of nitrogens with zero attached hydrogens (tertiary/aromatic N) is 2. The van der Waals surface area contributed by atoms with Gasteiger partial charge in [0.15, 0.2) is 0 Å². The highest BCUT2D eigenvalue weighted by atomic mass is 16.2. The Balaban J connectivity index is 1.38. The molecule has 1 saturated heterocycles. The number of hydrogen-bond acceptors (Lipinski definition) is 4. The van der Waals surface area contributed by atoms with E-state index in [1.54, 1.807) is 4.90 Å². The first-order valence-electron chi connectivity index (χ1n) is 8.99. The van der Waals surface area contributed by atoms with Crippen LogP contribution in [0.5, 0.6) is 0 Å². The molecule has 6 nitrogen and oxygen atoms in total. The molecule has 1 aliphatic heterocycles. The second-order valence-corrected chi connectivity index (χ2v) is 7.03. The summed E-state index contributed by atoms with van der Waals surface area (Å²) >= 11 is 0. The zero-order valence-electron chi connectivity index (χ0n) is 13.8. The molecule has 128 valence electrons. The molecule has 0 radical (unpaired) electrons. The molecule has 2 aliphatic carbocycles. The lowest BCUT2D eigenvalue weighted by molar-refractivity contribution is -0.142. The van der Waals surface area contributed by atoms with Crippen molar-refractivity contribution >= 4 is 17.6 Å². The largest absolute Gasteiger partial charge is 0.340 e. The van der Waals surface area contributed by atoms with Crippen LogP contribution in [-0.2, 0) is 14.4 Å². The molecule has 6 heteroatoms. The van der Waals surface area contributed by atoms with Crippen LogP contribution in [0.2, 0.25) is 0 Å². The molecular weight excluding hydrogens is 294 g/mol. The Morgan fingerprint density at radius 2 is 1.52 bits per heavy atom. The van der Waals surface area contributed by atoms with Crippen molar-refractivity contribution in [1.29, 1.82) is 0 Å². The molecule has 0 unspecified atom stereocenters. The third kappa shape index (κ3) is 4.31. The third-order valence-electron chi connectivity index (χ3n) is 5.33. The molecule has 0 spiro atoms. The van der Waals surface area contributed by atoms with Crippen molar-refractivity contribution in [3.8, 4) is 0 Å². The Morgan fingerprint density at radius 1 is 0.870 bits per heavy atom. The molecule has 0 aromatic heterocycles. The van der Waals surface area contributed by atoms with Crippen molar-refractivity contribution in [2.45, 2.75) is 51.0 Å². The number of Topliss-reactive ketones (excluding diaryl/α,β-unsaturated/α-hetero) is 1. The Hall–Kier alpha value is -1.43. The van der Waals surface area contributed by atoms with Crippen molar-refractivity contribution in [2.75, 3.05) is 32.7 Å². The van der Waals surface area contributed by atoms with Crippen LogP contribution in [-0.4, -0.2) is 66.2 Å². The van der Waals surface area contributed by atoms with Gasteiger partial charge in [-0.2, -0.15) is 0 Å². The molecule has 0 aromatic rings. The van der Waals surface area contributed by atoms with Gasteiger partial charge in [0.25, 0.3) is 5.91 Å². The fourth-order valence-electron chi connectivity index (χ4n) is 3.68. The molecule has 0 aromatic carbocycles. The summed E-state index contributed by atoms with van der Waals surface area (Å²) < 4.78 is 0. The molecule has 2 saturated carbocycles. The van der Waals surface area contributed by atoms with Gasteiger partial charge >= 0.3 is 0 Å². The van der Waals surface area contributed by atoms with E-state index >= 15 is 0 Å². The van der Waals surface area contributed by atoms with Crippen molar-refractivity contribution in [3.05, 3.63) is 0 Å². The highest BCUT2D eigenvalue weighted by Gasteiger charge is 2.32. The normalized spacial score (nSPS) is 23.6. The second-order valence-electron chi connectivity index (χ2n) is 7.03. The van der Waals surface area contributed by atoms with Gasteiger partial charge in [0, 0.05) is 38.1 Å². The van der Waals surface area contributed by atoms with Gasteiger partial charge in [-0.05, 0) is 25.7 Å². The van der Waals surface area contributed by atoms with E-state index in [4.69, 9.17) is 0 Å². The number of ketones is 1. The molecule has 0 bridgehead atoms. The van der Waals surface area contributed by atoms with Crippen LogP contribution >= 0.6 is 0 Å². The van der Waals surface area contributed by atoms with E-state index in [1.165, 1.54) is 12.8 Å². The first-order valence-corrected chi connectivity index (χ1v) is 8.99. The quantitative estimate of drug-likeness (QED) is 0.751. The lowest BCUT2D eigenvalue weighted by Gasteiger charge is -2.34. The molecule has 3 rings (SSSR count). The standard InChI is InChI=1S/C17H27N3O3/c21-15(20-10-8-19(9-11-20)14-6-7-14)12-18-17(23)16(22)13-4-2-1-3-5-13/h13-14H,1-12H2,(H,18,23). The zero-order valence-corrected chi connectivity index (χ0v) is 13.8. The molecule has 1 heterocycles. The van der Waals surface area contributed by atoms with E-state index < -0.39 is 5.91 Å². The van der Waals surface area contributed by atoms with Gasteiger partial charge in [0.1, 0.15) is 0 Å². The van der Waals surface area contributed by atoms with Crippen LogP contribution in [0.1, 0.15) is 44.9 Å². The van der Waals surface area contributed by atoms with E-state index in [1.807, 2.05) is 0 Å². The van der Waals surface area contributed by atoms with E-state index in [-0.39, 0.29) is 24.2 Å². The van der Waals surface area contributed by atoms with E-state index in [2.05, 4.69) is 10.2 Å². The smallest absolute Gasteiger partial charge is 0.288 e. The Kier molecular flexibility index (Phi) is 5.30. The first-order chi connectivity index (χ1) is 11.1. The minimum absolute atomic E-state index is 0.0548. The average Bonchev–Trinajstić information content (AvgIpc) is 3.44. The molecule has 2 amide bonds. The average molecular weight is 321 g/mol. The van der Waals surface area contributed by atoms with Gasteiger partial charge in [-0.1, -0.05) is 19.3 Å². The number of hydrogen-bond donors (Lipinski definition) is 1. The Bertz CT molecular complexity index is 462. The summed E-state index contributed by atoms with van der Waals surface area (Å²) in [6.45, 7) is 3.24. The highest BCUT2D eigenvalue weighted by Crippen LogP contribution is 2.27. The Morgan fingerprint density at radius 3 is 2.13 bits per heavy atom. The predicted octanol–water partition coefficient (Wildman–Crippen LogP) is 0.559. The van der Waals surface area contributed by atoms with Crippen molar-refractivity contribution < 1.29 is 14.4 Å². The monoisotopic (exact) mass is 321 g/mol. The second kappa shape index (κ2) is 7.43. The fourth-order valence-corrected chi connectivity index (χ4v) is 3.68. The van der Waals surface area contributed by atoms with Crippen molar-refractivity contribution in [2.24, 2.45) is 5.92 Å². The van der Waals surface area contributed by atoms with Crippen molar-refractivity contribution in [3.63, 3.8) is 0 Å². The van der Waals surface area contributed by atoms with Crippen LogP contribution in [0.4, 0.5) is 0 Å². The highest BCUT2D eigenvalue weighted by molar-refractivity contribution is 6.37. The number of rotatable bonds is 5.